The molecule has 0 aliphatic rings. The minimum Gasteiger partial charge on any atom is -0.333 e. The number of H-pyrrole nitrogens is 1. The standard InChI is InChI=1S/C17H18N2S2/c1-12-7-8-15-16(9-12)19-17(18-15)21-11-14(10-20)13-5-3-2-4-6-13/h2-9,14,20H,10-11H2,1H3,(H,18,19). The number of benzene rings is 2. The zero-order valence-electron chi connectivity index (χ0n) is 11.9. The summed E-state index contributed by atoms with van der Waals surface area (Å²) in [5.74, 6) is 2.26. The van der Waals surface area contributed by atoms with Crippen molar-refractivity contribution in [3.8, 4) is 0 Å². The predicted molar refractivity (Wildman–Crippen MR) is 94.6 cm³/mol. The lowest BCUT2D eigenvalue weighted by atomic mass is 10.0. The molecule has 0 spiro atoms. The van der Waals surface area contributed by atoms with E-state index in [1.165, 1.54) is 11.1 Å². The molecular weight excluding hydrogens is 296 g/mol. The average molecular weight is 314 g/mol. The first-order valence-electron chi connectivity index (χ1n) is 7.01. The molecule has 1 atom stereocenters. The monoisotopic (exact) mass is 314 g/mol. The molecule has 21 heavy (non-hydrogen) atoms. The summed E-state index contributed by atoms with van der Waals surface area (Å²) < 4.78 is 0. The Labute approximate surface area is 134 Å². The van der Waals surface area contributed by atoms with Crippen LogP contribution in [0.1, 0.15) is 17.0 Å². The van der Waals surface area contributed by atoms with Crippen molar-refractivity contribution in [2.75, 3.05) is 11.5 Å². The van der Waals surface area contributed by atoms with Crippen LogP contribution in [0.2, 0.25) is 0 Å². The summed E-state index contributed by atoms with van der Waals surface area (Å²) in [6.07, 6.45) is 0. The lowest BCUT2D eigenvalue weighted by Gasteiger charge is -2.13. The summed E-state index contributed by atoms with van der Waals surface area (Å²) in [4.78, 5) is 8.03. The summed E-state index contributed by atoms with van der Waals surface area (Å²) in [7, 11) is 0. The summed E-state index contributed by atoms with van der Waals surface area (Å²) in [6, 6.07) is 16.9. The Bertz CT molecular complexity index is 722. The van der Waals surface area contributed by atoms with Crippen LogP contribution in [0.25, 0.3) is 11.0 Å². The van der Waals surface area contributed by atoms with E-state index in [1.54, 1.807) is 11.8 Å². The van der Waals surface area contributed by atoms with E-state index in [4.69, 9.17) is 0 Å². The van der Waals surface area contributed by atoms with Gasteiger partial charge in [-0.25, -0.2) is 4.98 Å². The normalized spacial score (nSPS) is 12.7. The summed E-state index contributed by atoms with van der Waals surface area (Å²) in [5, 5.41) is 0.985. The van der Waals surface area contributed by atoms with Crippen molar-refractivity contribution in [2.24, 2.45) is 0 Å². The number of hydrogen-bond donors (Lipinski definition) is 2. The molecule has 1 unspecified atom stereocenters. The van der Waals surface area contributed by atoms with Crippen molar-refractivity contribution in [1.82, 2.24) is 9.97 Å². The van der Waals surface area contributed by atoms with Crippen LogP contribution in [0, 0.1) is 6.92 Å². The van der Waals surface area contributed by atoms with Crippen molar-refractivity contribution in [1.29, 1.82) is 0 Å². The van der Waals surface area contributed by atoms with Gasteiger partial charge in [0, 0.05) is 11.7 Å². The van der Waals surface area contributed by atoms with Crippen LogP contribution in [0.15, 0.2) is 53.7 Å². The van der Waals surface area contributed by atoms with Gasteiger partial charge in [-0.2, -0.15) is 12.6 Å². The highest BCUT2D eigenvalue weighted by atomic mass is 32.2. The number of imidazole rings is 1. The number of fused-ring (bicyclic) bond motifs is 1. The van der Waals surface area contributed by atoms with Gasteiger partial charge in [-0.1, -0.05) is 48.2 Å². The number of hydrogen-bond acceptors (Lipinski definition) is 3. The van der Waals surface area contributed by atoms with E-state index in [9.17, 15) is 0 Å². The molecule has 0 saturated carbocycles. The van der Waals surface area contributed by atoms with E-state index in [1.807, 2.05) is 6.07 Å². The summed E-state index contributed by atoms with van der Waals surface area (Å²) in [5.41, 5.74) is 4.73. The molecule has 2 aromatic carbocycles. The molecule has 2 nitrogen and oxygen atoms in total. The molecule has 0 aliphatic carbocycles. The molecule has 1 N–H and O–H groups in total. The number of rotatable bonds is 5. The van der Waals surface area contributed by atoms with E-state index in [2.05, 4.69) is 72.0 Å². The number of nitrogens with zero attached hydrogens (tertiary/aromatic N) is 1. The van der Waals surface area contributed by atoms with Gasteiger partial charge in [0.15, 0.2) is 5.16 Å². The Morgan fingerprint density at radius 3 is 2.76 bits per heavy atom. The molecule has 108 valence electrons. The van der Waals surface area contributed by atoms with Crippen LogP contribution in [0.5, 0.6) is 0 Å². The van der Waals surface area contributed by atoms with Crippen molar-refractivity contribution < 1.29 is 0 Å². The topological polar surface area (TPSA) is 28.7 Å². The molecule has 0 radical (unpaired) electrons. The molecule has 4 heteroatoms. The predicted octanol–water partition coefficient (Wildman–Crippen LogP) is 4.68. The fourth-order valence-electron chi connectivity index (χ4n) is 2.33. The highest BCUT2D eigenvalue weighted by Crippen LogP contribution is 2.27. The van der Waals surface area contributed by atoms with Gasteiger partial charge in [0.05, 0.1) is 11.0 Å². The number of thiol groups is 1. The van der Waals surface area contributed by atoms with Gasteiger partial charge >= 0.3 is 0 Å². The van der Waals surface area contributed by atoms with Gasteiger partial charge in [-0.3, -0.25) is 0 Å². The SMILES string of the molecule is Cc1ccc2nc(SCC(CS)c3ccccc3)[nH]c2c1. The Kier molecular flexibility index (Phi) is 4.56. The Balaban J connectivity index is 1.73. The molecule has 0 saturated heterocycles. The Morgan fingerprint density at radius 2 is 2.00 bits per heavy atom. The quantitative estimate of drug-likeness (QED) is 0.529. The molecule has 0 fully saturated rings. The zero-order valence-corrected chi connectivity index (χ0v) is 13.6. The highest BCUT2D eigenvalue weighted by Gasteiger charge is 2.11. The van der Waals surface area contributed by atoms with Crippen molar-refractivity contribution in [2.45, 2.75) is 18.0 Å². The maximum Gasteiger partial charge on any atom is 0.166 e. The van der Waals surface area contributed by atoms with Crippen LogP contribution in [-0.4, -0.2) is 21.5 Å². The smallest absolute Gasteiger partial charge is 0.166 e. The first kappa shape index (κ1) is 14.5. The Morgan fingerprint density at radius 1 is 1.19 bits per heavy atom. The number of aromatic nitrogens is 2. The molecule has 1 aromatic heterocycles. The molecule has 0 amide bonds. The zero-order chi connectivity index (χ0) is 14.7. The number of aromatic amines is 1. The van der Waals surface area contributed by atoms with Crippen molar-refractivity contribution in [3.63, 3.8) is 0 Å². The van der Waals surface area contributed by atoms with E-state index < -0.39 is 0 Å². The second kappa shape index (κ2) is 6.58. The van der Waals surface area contributed by atoms with E-state index in [0.717, 1.165) is 27.7 Å². The first-order chi connectivity index (χ1) is 10.3. The highest BCUT2D eigenvalue weighted by molar-refractivity contribution is 7.99. The number of thioether (sulfide) groups is 1. The minimum absolute atomic E-state index is 0.439. The van der Waals surface area contributed by atoms with Gasteiger partial charge in [0.25, 0.3) is 0 Å². The first-order valence-corrected chi connectivity index (χ1v) is 8.63. The molecule has 3 rings (SSSR count). The fraction of sp³-hybridized carbons (Fsp3) is 0.235. The second-order valence-corrected chi connectivity index (χ2v) is 6.54. The van der Waals surface area contributed by atoms with Crippen LogP contribution in [0.3, 0.4) is 0 Å². The average Bonchev–Trinajstić information content (AvgIpc) is 2.91. The van der Waals surface area contributed by atoms with Crippen molar-refractivity contribution in [3.05, 3.63) is 59.7 Å². The van der Waals surface area contributed by atoms with Crippen LogP contribution >= 0.6 is 24.4 Å². The van der Waals surface area contributed by atoms with Crippen LogP contribution < -0.4 is 0 Å². The maximum absolute atomic E-state index is 4.64. The molecule has 0 bridgehead atoms. The van der Waals surface area contributed by atoms with Gasteiger partial charge in [-0.15, -0.1) is 0 Å². The van der Waals surface area contributed by atoms with Crippen LogP contribution in [-0.2, 0) is 0 Å². The number of aryl methyl sites for hydroxylation is 1. The molecule has 1 heterocycles. The molecule has 0 aliphatic heterocycles. The molecular formula is C17H18N2S2. The minimum atomic E-state index is 0.439. The van der Waals surface area contributed by atoms with Crippen molar-refractivity contribution >= 4 is 35.4 Å². The lowest BCUT2D eigenvalue weighted by Crippen LogP contribution is -2.03. The third-order valence-corrected chi connectivity index (χ3v) is 5.00. The van der Waals surface area contributed by atoms with Gasteiger partial charge in [-0.05, 0) is 35.9 Å². The Hall–Kier alpha value is -1.39. The second-order valence-electron chi connectivity index (χ2n) is 5.16. The third-order valence-electron chi connectivity index (χ3n) is 3.53. The number of nitrogens with one attached hydrogen (secondary N) is 1. The summed E-state index contributed by atoms with van der Waals surface area (Å²) in [6.45, 7) is 2.10. The summed E-state index contributed by atoms with van der Waals surface area (Å²) >= 11 is 6.26. The van der Waals surface area contributed by atoms with Crippen LogP contribution in [0.4, 0.5) is 0 Å². The van der Waals surface area contributed by atoms with Gasteiger partial charge in [0.1, 0.15) is 0 Å². The fourth-order valence-corrected chi connectivity index (χ4v) is 3.86. The molecule has 3 aromatic rings. The van der Waals surface area contributed by atoms with Gasteiger partial charge < -0.3 is 4.98 Å². The lowest BCUT2D eigenvalue weighted by molar-refractivity contribution is 0.893. The van der Waals surface area contributed by atoms with E-state index in [0.29, 0.717) is 5.92 Å². The van der Waals surface area contributed by atoms with E-state index in [-0.39, 0.29) is 0 Å². The third kappa shape index (κ3) is 3.44. The van der Waals surface area contributed by atoms with Gasteiger partial charge in [0.2, 0.25) is 0 Å². The van der Waals surface area contributed by atoms with E-state index >= 15 is 0 Å². The largest absolute Gasteiger partial charge is 0.333 e. The maximum atomic E-state index is 4.64.